The molecule has 0 radical (unpaired) electrons. The van der Waals surface area contributed by atoms with Crippen LogP contribution in [0.3, 0.4) is 0 Å². The van der Waals surface area contributed by atoms with Gasteiger partial charge in [-0.2, -0.15) is 0 Å². The van der Waals surface area contributed by atoms with Gasteiger partial charge in [0.2, 0.25) is 0 Å². The molecule has 1 heterocycles. The van der Waals surface area contributed by atoms with Crippen LogP contribution in [0.15, 0.2) is 54.9 Å². The topological polar surface area (TPSA) is 54.0 Å². The lowest BCUT2D eigenvalue weighted by Crippen LogP contribution is -2.12. The number of carbonyl (C=O) groups excluding carboxylic acids is 1. The fourth-order valence-electron chi connectivity index (χ4n) is 2.63. The summed E-state index contributed by atoms with van der Waals surface area (Å²) in [7, 11) is 0. The van der Waals surface area contributed by atoms with Crippen molar-refractivity contribution in [1.82, 2.24) is 4.98 Å². The molecule has 0 aliphatic heterocycles. The normalized spacial score (nSPS) is 10.5. The SMILES string of the molecule is Cc1cc(C)cc(NC(=O)c2cncc(Nc3ccc(F)cc3F)c2)c1. The summed E-state index contributed by atoms with van der Waals surface area (Å²) in [6.07, 6.45) is 2.88. The first-order chi connectivity index (χ1) is 12.4. The van der Waals surface area contributed by atoms with Crippen molar-refractivity contribution in [3.63, 3.8) is 0 Å². The van der Waals surface area contributed by atoms with Crippen molar-refractivity contribution in [2.75, 3.05) is 10.6 Å². The molecule has 0 atom stereocenters. The first kappa shape index (κ1) is 17.5. The number of aryl methyl sites for hydroxylation is 2. The molecule has 4 nitrogen and oxygen atoms in total. The molecule has 1 aromatic heterocycles. The second-order valence-corrected chi connectivity index (χ2v) is 6.04. The van der Waals surface area contributed by atoms with E-state index in [1.165, 1.54) is 18.5 Å². The monoisotopic (exact) mass is 353 g/mol. The zero-order valence-corrected chi connectivity index (χ0v) is 14.3. The highest BCUT2D eigenvalue weighted by atomic mass is 19.1. The summed E-state index contributed by atoms with van der Waals surface area (Å²) in [6.45, 7) is 3.90. The lowest BCUT2D eigenvalue weighted by atomic mass is 10.1. The summed E-state index contributed by atoms with van der Waals surface area (Å²) in [5.41, 5.74) is 3.61. The predicted octanol–water partition coefficient (Wildman–Crippen LogP) is 4.97. The predicted molar refractivity (Wildman–Crippen MR) is 97.7 cm³/mol. The lowest BCUT2D eigenvalue weighted by molar-refractivity contribution is 0.102. The molecule has 0 spiro atoms. The van der Waals surface area contributed by atoms with E-state index in [1.54, 1.807) is 6.07 Å². The molecule has 132 valence electrons. The number of benzene rings is 2. The molecule has 0 saturated heterocycles. The van der Waals surface area contributed by atoms with Crippen molar-refractivity contribution in [2.45, 2.75) is 13.8 Å². The highest BCUT2D eigenvalue weighted by Gasteiger charge is 2.10. The van der Waals surface area contributed by atoms with Gasteiger partial charge in [0, 0.05) is 18.0 Å². The van der Waals surface area contributed by atoms with Crippen molar-refractivity contribution in [1.29, 1.82) is 0 Å². The number of hydrogen-bond donors (Lipinski definition) is 2. The molecular formula is C20H17F2N3O. The summed E-state index contributed by atoms with van der Waals surface area (Å²) in [6, 6.07) is 10.5. The Kier molecular flexibility index (Phi) is 4.93. The van der Waals surface area contributed by atoms with E-state index >= 15 is 0 Å². The summed E-state index contributed by atoms with van der Waals surface area (Å²) >= 11 is 0. The maximum Gasteiger partial charge on any atom is 0.257 e. The number of rotatable bonds is 4. The van der Waals surface area contributed by atoms with Gasteiger partial charge in [-0.1, -0.05) is 6.07 Å². The van der Waals surface area contributed by atoms with Crippen molar-refractivity contribution in [3.05, 3.63) is 83.2 Å². The molecule has 6 heteroatoms. The Morgan fingerprint density at radius 3 is 2.35 bits per heavy atom. The summed E-state index contributed by atoms with van der Waals surface area (Å²) in [5, 5.41) is 5.61. The van der Waals surface area contributed by atoms with Gasteiger partial charge in [-0.25, -0.2) is 8.78 Å². The van der Waals surface area contributed by atoms with Crippen LogP contribution in [0.2, 0.25) is 0 Å². The van der Waals surface area contributed by atoms with Gasteiger partial charge in [-0.3, -0.25) is 9.78 Å². The lowest BCUT2D eigenvalue weighted by Gasteiger charge is -2.10. The van der Waals surface area contributed by atoms with Crippen LogP contribution in [0.25, 0.3) is 0 Å². The molecule has 0 unspecified atom stereocenters. The van der Waals surface area contributed by atoms with Gasteiger partial charge >= 0.3 is 0 Å². The van der Waals surface area contributed by atoms with Crippen LogP contribution in [0, 0.1) is 25.5 Å². The average molecular weight is 353 g/mol. The summed E-state index contributed by atoms with van der Waals surface area (Å²) in [4.78, 5) is 16.5. The highest BCUT2D eigenvalue weighted by Crippen LogP contribution is 2.21. The fraction of sp³-hybridized carbons (Fsp3) is 0.100. The van der Waals surface area contributed by atoms with Gasteiger partial charge in [-0.15, -0.1) is 0 Å². The van der Waals surface area contributed by atoms with Crippen molar-refractivity contribution in [3.8, 4) is 0 Å². The van der Waals surface area contributed by atoms with E-state index in [0.717, 1.165) is 23.3 Å². The Labute approximate surface area is 149 Å². The molecule has 2 aromatic carbocycles. The minimum atomic E-state index is -0.727. The molecule has 0 fully saturated rings. The first-order valence-corrected chi connectivity index (χ1v) is 7.97. The Bertz CT molecular complexity index is 953. The molecule has 2 N–H and O–H groups in total. The molecule has 1 amide bonds. The van der Waals surface area contributed by atoms with Crippen molar-refractivity contribution in [2.24, 2.45) is 0 Å². The number of hydrogen-bond acceptors (Lipinski definition) is 3. The second-order valence-electron chi connectivity index (χ2n) is 6.04. The van der Waals surface area contributed by atoms with Crippen LogP contribution in [0.4, 0.5) is 25.8 Å². The van der Waals surface area contributed by atoms with Crippen molar-refractivity contribution < 1.29 is 13.6 Å². The molecule has 0 bridgehead atoms. The van der Waals surface area contributed by atoms with Gasteiger partial charge in [0.25, 0.3) is 5.91 Å². The first-order valence-electron chi connectivity index (χ1n) is 7.97. The van der Waals surface area contributed by atoms with Crippen LogP contribution in [0.1, 0.15) is 21.5 Å². The zero-order chi connectivity index (χ0) is 18.7. The van der Waals surface area contributed by atoms with Crippen LogP contribution < -0.4 is 10.6 Å². The van der Waals surface area contributed by atoms with E-state index in [1.807, 2.05) is 32.0 Å². The summed E-state index contributed by atoms with van der Waals surface area (Å²) < 4.78 is 26.7. The third-order valence-corrected chi connectivity index (χ3v) is 3.69. The number of pyridine rings is 1. The Hall–Kier alpha value is -3.28. The zero-order valence-electron chi connectivity index (χ0n) is 14.3. The van der Waals surface area contributed by atoms with Gasteiger partial charge < -0.3 is 10.6 Å². The number of nitrogens with zero attached hydrogens (tertiary/aromatic N) is 1. The molecule has 26 heavy (non-hydrogen) atoms. The number of nitrogens with one attached hydrogen (secondary N) is 2. The number of anilines is 3. The maximum atomic E-state index is 13.8. The number of amides is 1. The Morgan fingerprint density at radius 2 is 1.65 bits per heavy atom. The van der Waals surface area contributed by atoms with Crippen molar-refractivity contribution >= 4 is 23.0 Å². The fourth-order valence-corrected chi connectivity index (χ4v) is 2.63. The smallest absolute Gasteiger partial charge is 0.257 e. The third kappa shape index (κ3) is 4.22. The largest absolute Gasteiger partial charge is 0.352 e. The summed E-state index contributed by atoms with van der Waals surface area (Å²) in [5.74, 6) is -1.71. The van der Waals surface area contributed by atoms with Gasteiger partial charge in [0.05, 0.1) is 23.1 Å². The van der Waals surface area contributed by atoms with Crippen LogP contribution in [-0.4, -0.2) is 10.9 Å². The average Bonchev–Trinajstić information content (AvgIpc) is 2.57. The minimum absolute atomic E-state index is 0.0973. The molecule has 3 aromatic rings. The Morgan fingerprint density at radius 1 is 0.923 bits per heavy atom. The van der Waals surface area contributed by atoms with E-state index in [2.05, 4.69) is 15.6 Å². The minimum Gasteiger partial charge on any atom is -0.352 e. The van der Waals surface area contributed by atoms with Crippen LogP contribution >= 0.6 is 0 Å². The van der Waals surface area contributed by atoms with E-state index in [0.29, 0.717) is 16.9 Å². The standard InChI is InChI=1S/C20H17F2N3O/c1-12-5-13(2)7-16(6-12)25-20(26)14-8-17(11-23-10-14)24-19-4-3-15(21)9-18(19)22/h3-11,24H,1-2H3,(H,25,26). The van der Waals surface area contributed by atoms with E-state index in [-0.39, 0.29) is 11.6 Å². The molecule has 0 aliphatic carbocycles. The van der Waals surface area contributed by atoms with Gasteiger partial charge in [0.1, 0.15) is 11.6 Å². The molecule has 0 aliphatic rings. The van der Waals surface area contributed by atoms with E-state index in [9.17, 15) is 13.6 Å². The van der Waals surface area contributed by atoms with Gasteiger partial charge in [-0.05, 0) is 55.3 Å². The highest BCUT2D eigenvalue weighted by molar-refractivity contribution is 6.04. The van der Waals surface area contributed by atoms with Crippen LogP contribution in [-0.2, 0) is 0 Å². The van der Waals surface area contributed by atoms with Gasteiger partial charge in [0.15, 0.2) is 0 Å². The number of aromatic nitrogens is 1. The number of carbonyl (C=O) groups is 1. The molecule has 0 saturated carbocycles. The second kappa shape index (κ2) is 7.31. The molecule has 3 rings (SSSR count). The quantitative estimate of drug-likeness (QED) is 0.696. The third-order valence-electron chi connectivity index (χ3n) is 3.69. The Balaban J connectivity index is 1.78. The number of halogens is 2. The molecular weight excluding hydrogens is 336 g/mol. The van der Waals surface area contributed by atoms with Crippen LogP contribution in [0.5, 0.6) is 0 Å². The maximum absolute atomic E-state index is 13.8. The van der Waals surface area contributed by atoms with E-state index in [4.69, 9.17) is 0 Å². The van der Waals surface area contributed by atoms with E-state index < -0.39 is 11.6 Å².